The number of thioether (sulfide) groups is 1. The Morgan fingerprint density at radius 1 is 1.48 bits per heavy atom. The summed E-state index contributed by atoms with van der Waals surface area (Å²) in [5, 5.41) is 12.0. The standard InChI is InChI=1S/C14H20N2O4S/c1-7(2)11-9-6-10(21-5-4-15-8(3)17)12(14(19)20)16(9)13(11)18/h7,9,11H,4-6H2,1-3H3,(H,15,17)(H,19,20)/t9-,11+/m1/s1. The zero-order valence-corrected chi connectivity index (χ0v) is 13.2. The lowest BCUT2D eigenvalue weighted by molar-refractivity contribution is -0.157. The van der Waals surface area contributed by atoms with Crippen LogP contribution in [0, 0.1) is 11.8 Å². The van der Waals surface area contributed by atoms with Gasteiger partial charge in [0.15, 0.2) is 0 Å². The molecule has 0 aromatic carbocycles. The second-order valence-corrected chi connectivity index (χ2v) is 6.85. The van der Waals surface area contributed by atoms with Crippen molar-refractivity contribution in [3.8, 4) is 0 Å². The molecule has 2 aliphatic heterocycles. The number of amides is 2. The number of nitrogens with one attached hydrogen (secondary N) is 1. The van der Waals surface area contributed by atoms with Crippen LogP contribution in [-0.4, -0.2) is 46.1 Å². The van der Waals surface area contributed by atoms with E-state index >= 15 is 0 Å². The molecule has 0 saturated carbocycles. The molecule has 2 atom stereocenters. The molecule has 0 aliphatic carbocycles. The third kappa shape index (κ3) is 2.92. The second-order valence-electron chi connectivity index (χ2n) is 5.66. The Balaban J connectivity index is 2.04. The van der Waals surface area contributed by atoms with Gasteiger partial charge >= 0.3 is 5.97 Å². The van der Waals surface area contributed by atoms with Crippen molar-refractivity contribution < 1.29 is 19.5 Å². The minimum Gasteiger partial charge on any atom is -0.477 e. The van der Waals surface area contributed by atoms with Gasteiger partial charge < -0.3 is 15.3 Å². The molecule has 116 valence electrons. The SMILES string of the molecule is CC(=O)NCCSC1=C(C(=O)O)N2C(=O)[C@@H](C(C)C)[C@H]2C1. The number of β-lactam (4-membered cyclic amide) rings is 1. The maximum Gasteiger partial charge on any atom is 0.353 e. The molecule has 2 amide bonds. The predicted molar refractivity (Wildman–Crippen MR) is 79.4 cm³/mol. The lowest BCUT2D eigenvalue weighted by Gasteiger charge is -2.45. The number of carboxylic acids is 1. The fourth-order valence-corrected chi connectivity index (χ4v) is 4.02. The van der Waals surface area contributed by atoms with Crippen LogP contribution in [0.3, 0.4) is 0 Å². The summed E-state index contributed by atoms with van der Waals surface area (Å²) in [5.41, 5.74) is 0.134. The molecule has 2 N–H and O–H groups in total. The number of rotatable bonds is 6. The molecule has 1 fully saturated rings. The number of hydrogen-bond acceptors (Lipinski definition) is 4. The number of hydrogen-bond donors (Lipinski definition) is 2. The molecule has 0 radical (unpaired) electrons. The Bertz CT molecular complexity index is 515. The van der Waals surface area contributed by atoms with Crippen molar-refractivity contribution in [2.45, 2.75) is 33.2 Å². The molecule has 7 heteroatoms. The van der Waals surface area contributed by atoms with Crippen molar-refractivity contribution >= 4 is 29.5 Å². The van der Waals surface area contributed by atoms with Crippen LogP contribution in [0.15, 0.2) is 10.6 Å². The van der Waals surface area contributed by atoms with Crippen LogP contribution in [0.25, 0.3) is 0 Å². The van der Waals surface area contributed by atoms with E-state index in [1.807, 2.05) is 13.8 Å². The summed E-state index contributed by atoms with van der Waals surface area (Å²) in [6, 6.07) is -0.00753. The Morgan fingerprint density at radius 3 is 2.67 bits per heavy atom. The van der Waals surface area contributed by atoms with Crippen molar-refractivity contribution in [2.24, 2.45) is 11.8 Å². The van der Waals surface area contributed by atoms with Gasteiger partial charge in [0.05, 0.1) is 12.0 Å². The zero-order valence-electron chi connectivity index (χ0n) is 12.4. The number of carbonyl (C=O) groups is 3. The van der Waals surface area contributed by atoms with Crippen LogP contribution in [0.4, 0.5) is 0 Å². The Morgan fingerprint density at radius 2 is 2.14 bits per heavy atom. The molecular formula is C14H20N2O4S. The molecule has 6 nitrogen and oxygen atoms in total. The lowest BCUT2D eigenvalue weighted by Crippen LogP contribution is -2.60. The quantitative estimate of drug-likeness (QED) is 0.565. The second kappa shape index (κ2) is 6.09. The average Bonchev–Trinajstić information content (AvgIpc) is 2.68. The Labute approximate surface area is 127 Å². The number of carboxylic acid groups (broad SMARTS) is 1. The van der Waals surface area contributed by atoms with Gasteiger partial charge in [0.25, 0.3) is 0 Å². The van der Waals surface area contributed by atoms with E-state index in [2.05, 4.69) is 5.32 Å². The van der Waals surface area contributed by atoms with Crippen LogP contribution in [0.1, 0.15) is 27.2 Å². The highest BCUT2D eigenvalue weighted by Gasteiger charge is 2.55. The topological polar surface area (TPSA) is 86.7 Å². The number of fused-ring (bicyclic) bond motifs is 1. The van der Waals surface area contributed by atoms with Crippen LogP contribution in [0.5, 0.6) is 0 Å². The summed E-state index contributed by atoms with van der Waals surface area (Å²) in [6.45, 7) is 5.91. The van der Waals surface area contributed by atoms with Crippen molar-refractivity contribution in [3.05, 3.63) is 10.6 Å². The number of aliphatic carboxylic acids is 1. The van der Waals surface area contributed by atoms with Crippen LogP contribution < -0.4 is 5.32 Å². The number of carbonyl (C=O) groups excluding carboxylic acids is 2. The maximum atomic E-state index is 12.1. The fourth-order valence-electron chi connectivity index (χ4n) is 2.96. The van der Waals surface area contributed by atoms with E-state index in [0.29, 0.717) is 18.7 Å². The first-order chi connectivity index (χ1) is 9.84. The van der Waals surface area contributed by atoms with E-state index in [1.54, 1.807) is 0 Å². The monoisotopic (exact) mass is 312 g/mol. The third-order valence-corrected chi connectivity index (χ3v) is 4.96. The highest BCUT2D eigenvalue weighted by Crippen LogP contribution is 2.48. The minimum atomic E-state index is -1.05. The van der Waals surface area contributed by atoms with Gasteiger partial charge in [0, 0.05) is 30.5 Å². The normalized spacial score (nSPS) is 24.2. The molecule has 2 rings (SSSR count). The van der Waals surface area contributed by atoms with Crippen LogP contribution in [0.2, 0.25) is 0 Å². The first kappa shape index (κ1) is 15.9. The van der Waals surface area contributed by atoms with Crippen LogP contribution >= 0.6 is 11.8 Å². The van der Waals surface area contributed by atoms with Gasteiger partial charge in [-0.3, -0.25) is 9.59 Å². The zero-order chi connectivity index (χ0) is 15.7. The van der Waals surface area contributed by atoms with Gasteiger partial charge in [0.1, 0.15) is 5.70 Å². The fraction of sp³-hybridized carbons (Fsp3) is 0.643. The van der Waals surface area contributed by atoms with Crippen molar-refractivity contribution in [1.82, 2.24) is 10.2 Å². The van der Waals surface area contributed by atoms with Gasteiger partial charge in [-0.15, -0.1) is 11.8 Å². The van der Waals surface area contributed by atoms with E-state index in [0.717, 1.165) is 4.91 Å². The first-order valence-electron chi connectivity index (χ1n) is 7.01. The van der Waals surface area contributed by atoms with Gasteiger partial charge in [0.2, 0.25) is 11.8 Å². The van der Waals surface area contributed by atoms with E-state index in [-0.39, 0.29) is 35.4 Å². The summed E-state index contributed by atoms with van der Waals surface area (Å²) in [4.78, 5) is 36.5. The lowest BCUT2D eigenvalue weighted by atomic mass is 9.79. The Kier molecular flexibility index (Phi) is 4.61. The molecule has 21 heavy (non-hydrogen) atoms. The van der Waals surface area contributed by atoms with Crippen molar-refractivity contribution in [3.63, 3.8) is 0 Å². The summed E-state index contributed by atoms with van der Waals surface area (Å²) < 4.78 is 0. The summed E-state index contributed by atoms with van der Waals surface area (Å²) in [5.74, 6) is -0.481. The predicted octanol–water partition coefficient (Wildman–Crippen LogP) is 1.04. The molecular weight excluding hydrogens is 292 g/mol. The van der Waals surface area contributed by atoms with Gasteiger partial charge in [-0.05, 0) is 5.92 Å². The molecule has 2 heterocycles. The largest absolute Gasteiger partial charge is 0.477 e. The molecule has 2 aliphatic rings. The number of nitrogens with zero attached hydrogens (tertiary/aromatic N) is 1. The maximum absolute atomic E-state index is 12.1. The smallest absolute Gasteiger partial charge is 0.353 e. The molecule has 0 spiro atoms. The van der Waals surface area contributed by atoms with Gasteiger partial charge in [-0.25, -0.2) is 4.79 Å². The minimum absolute atomic E-state index is 0.00753. The molecule has 1 saturated heterocycles. The van der Waals surface area contributed by atoms with Crippen molar-refractivity contribution in [1.29, 1.82) is 0 Å². The highest BCUT2D eigenvalue weighted by atomic mass is 32.2. The first-order valence-corrected chi connectivity index (χ1v) is 8.00. The van der Waals surface area contributed by atoms with E-state index in [9.17, 15) is 19.5 Å². The van der Waals surface area contributed by atoms with E-state index < -0.39 is 5.97 Å². The molecule has 0 bridgehead atoms. The highest BCUT2D eigenvalue weighted by molar-refractivity contribution is 8.03. The summed E-state index contributed by atoms with van der Waals surface area (Å²) >= 11 is 1.42. The average molecular weight is 312 g/mol. The van der Waals surface area contributed by atoms with Crippen molar-refractivity contribution in [2.75, 3.05) is 12.3 Å². The van der Waals surface area contributed by atoms with Crippen LogP contribution in [-0.2, 0) is 14.4 Å². The van der Waals surface area contributed by atoms with Gasteiger partial charge in [-0.1, -0.05) is 13.8 Å². The van der Waals surface area contributed by atoms with E-state index in [1.165, 1.54) is 23.6 Å². The Hall–Kier alpha value is -1.50. The summed E-state index contributed by atoms with van der Waals surface area (Å²) in [7, 11) is 0. The molecule has 0 aromatic heterocycles. The van der Waals surface area contributed by atoms with E-state index in [4.69, 9.17) is 0 Å². The summed E-state index contributed by atoms with van der Waals surface area (Å²) in [6.07, 6.45) is 0.612. The molecule has 0 aromatic rings. The third-order valence-electron chi connectivity index (χ3n) is 3.84. The van der Waals surface area contributed by atoms with Gasteiger partial charge in [-0.2, -0.15) is 0 Å². The molecule has 0 unspecified atom stereocenters.